The SMILES string of the molecule is Cc1ccc(N(c2cc3c4c(c2)N(c2ccc(C)cc2)c2ccc5ccccc5c2B4c2ccc(N(c4ccc(C)cc4)c4ccc5oc6ccccc6c5c4)cc2O3)c2ccc3ccccc3c2)cc1. The fraction of sp³-hybridized carbons (Fsp3) is 0.0462. The predicted octanol–water partition coefficient (Wildman–Crippen LogP) is 16.2. The standard InChI is InChI=1S/C65H46BN3O2/c1-41-16-24-47(25-17-41)67(51-32-35-61-56(37-51)55-14-8-9-15-60(55)70-61)52-31-33-57-62(39-52)71-63-40-53(68(48-26-18-42(2)19-27-48)50-30-22-44-10-4-5-12-46(44)36-50)38-59-65(63)66(57)64-54-13-7-6-11-45(54)23-34-58(64)69(59)49-28-20-43(3)21-29-49/h4-40H,1-3H3. The summed E-state index contributed by atoms with van der Waals surface area (Å²) in [5.74, 6) is 1.65. The summed E-state index contributed by atoms with van der Waals surface area (Å²) >= 11 is 0. The van der Waals surface area contributed by atoms with Gasteiger partial charge in [0.2, 0.25) is 0 Å². The highest BCUT2D eigenvalue weighted by molar-refractivity contribution is 7.00. The van der Waals surface area contributed by atoms with E-state index in [2.05, 4.69) is 248 Å². The van der Waals surface area contributed by atoms with E-state index >= 15 is 0 Å². The van der Waals surface area contributed by atoms with E-state index in [1.807, 2.05) is 12.1 Å². The van der Waals surface area contributed by atoms with Gasteiger partial charge in [-0.25, -0.2) is 0 Å². The molecule has 0 fully saturated rings. The van der Waals surface area contributed by atoms with Gasteiger partial charge in [0.05, 0.1) is 5.69 Å². The van der Waals surface area contributed by atoms with Crippen LogP contribution >= 0.6 is 0 Å². The molecule has 3 heterocycles. The molecule has 14 rings (SSSR count). The number of hydrogen-bond donors (Lipinski definition) is 0. The van der Waals surface area contributed by atoms with Gasteiger partial charge in [-0.05, 0) is 150 Å². The number of furan rings is 1. The van der Waals surface area contributed by atoms with Crippen molar-refractivity contribution in [3.63, 3.8) is 0 Å². The summed E-state index contributed by atoms with van der Waals surface area (Å²) in [5.41, 5.74) is 18.4. The van der Waals surface area contributed by atoms with Crippen LogP contribution in [0.2, 0.25) is 0 Å². The van der Waals surface area contributed by atoms with Crippen LogP contribution in [0.5, 0.6) is 11.5 Å². The van der Waals surface area contributed by atoms with Crippen molar-refractivity contribution in [2.24, 2.45) is 0 Å². The third-order valence-electron chi connectivity index (χ3n) is 14.6. The molecule has 71 heavy (non-hydrogen) atoms. The first kappa shape index (κ1) is 41.0. The average molecular weight is 912 g/mol. The van der Waals surface area contributed by atoms with Crippen LogP contribution < -0.4 is 35.8 Å². The molecule has 12 aromatic rings. The first-order chi connectivity index (χ1) is 34.9. The molecule has 0 saturated carbocycles. The molecule has 6 heteroatoms. The van der Waals surface area contributed by atoms with Gasteiger partial charge in [-0.1, -0.05) is 138 Å². The summed E-state index contributed by atoms with van der Waals surface area (Å²) in [6.07, 6.45) is 0. The molecule has 0 saturated heterocycles. The zero-order valence-electron chi connectivity index (χ0n) is 39.6. The molecule has 0 amide bonds. The molecule has 2 aliphatic rings. The lowest BCUT2D eigenvalue weighted by Crippen LogP contribution is -2.59. The van der Waals surface area contributed by atoms with Crippen molar-refractivity contribution in [2.45, 2.75) is 20.8 Å². The zero-order valence-corrected chi connectivity index (χ0v) is 39.6. The van der Waals surface area contributed by atoms with Gasteiger partial charge in [-0.3, -0.25) is 0 Å². The summed E-state index contributed by atoms with van der Waals surface area (Å²) in [6, 6.07) is 81.6. The molecule has 1 aromatic heterocycles. The summed E-state index contributed by atoms with van der Waals surface area (Å²) in [6.45, 7) is 6.30. The number of nitrogens with zero attached hydrogens (tertiary/aromatic N) is 3. The highest BCUT2D eigenvalue weighted by Gasteiger charge is 2.44. The molecular weight excluding hydrogens is 866 g/mol. The van der Waals surface area contributed by atoms with Gasteiger partial charge in [-0.2, -0.15) is 0 Å². The van der Waals surface area contributed by atoms with Crippen LogP contribution in [0.4, 0.5) is 51.2 Å². The number of rotatable bonds is 7. The van der Waals surface area contributed by atoms with E-state index in [0.29, 0.717) is 0 Å². The molecule has 0 aliphatic carbocycles. The number of ether oxygens (including phenoxy) is 1. The Kier molecular flexibility index (Phi) is 9.27. The summed E-state index contributed by atoms with van der Waals surface area (Å²) < 4.78 is 13.8. The van der Waals surface area contributed by atoms with Crippen molar-refractivity contribution in [1.82, 2.24) is 0 Å². The number of anilines is 9. The lowest BCUT2D eigenvalue weighted by molar-refractivity contribution is 0.488. The normalized spacial score (nSPS) is 12.5. The van der Waals surface area contributed by atoms with E-state index < -0.39 is 0 Å². The number of hydrogen-bond acceptors (Lipinski definition) is 5. The Bertz CT molecular complexity index is 4090. The summed E-state index contributed by atoms with van der Waals surface area (Å²) in [5, 5.41) is 6.98. The quantitative estimate of drug-likeness (QED) is 0.149. The molecule has 0 unspecified atom stereocenters. The highest BCUT2D eigenvalue weighted by atomic mass is 16.5. The second-order valence-corrected chi connectivity index (χ2v) is 19.2. The van der Waals surface area contributed by atoms with Crippen molar-refractivity contribution in [2.75, 3.05) is 14.7 Å². The van der Waals surface area contributed by atoms with Crippen LogP contribution in [0.25, 0.3) is 43.5 Å². The van der Waals surface area contributed by atoms with Crippen molar-refractivity contribution in [1.29, 1.82) is 0 Å². The Morgan fingerprint density at radius 3 is 1.68 bits per heavy atom. The Morgan fingerprint density at radius 2 is 0.915 bits per heavy atom. The van der Waals surface area contributed by atoms with E-state index in [4.69, 9.17) is 9.15 Å². The van der Waals surface area contributed by atoms with Gasteiger partial charge >= 0.3 is 0 Å². The Hall–Kier alpha value is -9.00. The predicted molar refractivity (Wildman–Crippen MR) is 298 cm³/mol. The van der Waals surface area contributed by atoms with E-state index in [9.17, 15) is 0 Å². The molecule has 336 valence electrons. The molecule has 0 radical (unpaired) electrons. The Balaban J connectivity index is 1.02. The zero-order chi connectivity index (χ0) is 47.3. The maximum absolute atomic E-state index is 7.51. The smallest absolute Gasteiger partial charge is 0.257 e. The first-order valence-electron chi connectivity index (χ1n) is 24.4. The topological polar surface area (TPSA) is 32.1 Å². The van der Waals surface area contributed by atoms with Gasteiger partial charge in [-0.15, -0.1) is 0 Å². The lowest BCUT2D eigenvalue weighted by Gasteiger charge is -2.41. The minimum atomic E-state index is -0.135. The first-order valence-corrected chi connectivity index (χ1v) is 24.4. The Labute approximate surface area is 413 Å². The van der Waals surface area contributed by atoms with E-state index in [1.165, 1.54) is 43.7 Å². The van der Waals surface area contributed by atoms with Gasteiger partial charge in [0.15, 0.2) is 0 Å². The minimum Gasteiger partial charge on any atom is -0.458 e. The van der Waals surface area contributed by atoms with Crippen LogP contribution in [0.1, 0.15) is 16.7 Å². The summed E-state index contributed by atoms with van der Waals surface area (Å²) in [7, 11) is 0. The molecule has 0 N–H and O–H groups in total. The van der Waals surface area contributed by atoms with E-state index in [0.717, 1.165) is 95.5 Å². The van der Waals surface area contributed by atoms with Crippen molar-refractivity contribution >= 4 is 118 Å². The molecule has 0 spiro atoms. The highest BCUT2D eigenvalue weighted by Crippen LogP contribution is 2.48. The molecule has 0 bridgehead atoms. The van der Waals surface area contributed by atoms with Gasteiger partial charge < -0.3 is 23.9 Å². The largest absolute Gasteiger partial charge is 0.458 e. The van der Waals surface area contributed by atoms with Crippen LogP contribution in [-0.2, 0) is 0 Å². The average Bonchev–Trinajstić information content (AvgIpc) is 3.78. The Morgan fingerprint density at radius 1 is 0.366 bits per heavy atom. The molecule has 5 nitrogen and oxygen atoms in total. The van der Waals surface area contributed by atoms with E-state index in [-0.39, 0.29) is 6.71 Å². The molecule has 2 aliphatic heterocycles. The molecule has 0 atom stereocenters. The second-order valence-electron chi connectivity index (χ2n) is 19.2. The van der Waals surface area contributed by atoms with Crippen molar-refractivity contribution < 1.29 is 9.15 Å². The van der Waals surface area contributed by atoms with Gasteiger partial charge in [0.25, 0.3) is 6.71 Å². The maximum Gasteiger partial charge on any atom is 0.257 e. The third kappa shape index (κ3) is 6.70. The van der Waals surface area contributed by atoms with E-state index in [1.54, 1.807) is 0 Å². The van der Waals surface area contributed by atoms with Crippen LogP contribution in [0.3, 0.4) is 0 Å². The fourth-order valence-corrected chi connectivity index (χ4v) is 11.2. The van der Waals surface area contributed by atoms with Crippen LogP contribution in [-0.4, -0.2) is 6.71 Å². The lowest BCUT2D eigenvalue weighted by atomic mass is 9.33. The van der Waals surface area contributed by atoms with Gasteiger partial charge in [0.1, 0.15) is 22.7 Å². The van der Waals surface area contributed by atoms with Crippen molar-refractivity contribution in [3.05, 3.63) is 241 Å². The monoisotopic (exact) mass is 911 g/mol. The summed E-state index contributed by atoms with van der Waals surface area (Å²) in [4.78, 5) is 7.18. The number of benzene rings is 11. The number of fused-ring (bicyclic) bond motifs is 10. The van der Waals surface area contributed by atoms with Crippen LogP contribution in [0, 0.1) is 20.8 Å². The fourth-order valence-electron chi connectivity index (χ4n) is 11.2. The maximum atomic E-state index is 7.51. The number of aryl methyl sites for hydroxylation is 3. The molecular formula is C65H46BN3O2. The minimum absolute atomic E-state index is 0.135. The number of para-hydroxylation sites is 1. The van der Waals surface area contributed by atoms with Crippen LogP contribution in [0.15, 0.2) is 229 Å². The van der Waals surface area contributed by atoms with Crippen molar-refractivity contribution in [3.8, 4) is 11.5 Å². The second kappa shape index (κ2) is 16.0. The van der Waals surface area contributed by atoms with Gasteiger partial charge in [0, 0.05) is 68.4 Å². The third-order valence-corrected chi connectivity index (χ3v) is 14.6. The molecule has 11 aromatic carbocycles.